The van der Waals surface area contributed by atoms with Crippen LogP contribution in [0.3, 0.4) is 0 Å². The van der Waals surface area contributed by atoms with Crippen LogP contribution in [0.15, 0.2) is 59.4 Å². The molecule has 8 nitrogen and oxygen atoms in total. The van der Waals surface area contributed by atoms with Gasteiger partial charge >= 0.3 is 12.1 Å². The molecule has 1 amide bonds. The second-order valence-electron chi connectivity index (χ2n) is 10.6. The van der Waals surface area contributed by atoms with Gasteiger partial charge in [-0.05, 0) is 47.4 Å². The number of hydrogen-bond acceptors (Lipinski definition) is 6. The van der Waals surface area contributed by atoms with Gasteiger partial charge in [-0.3, -0.25) is 9.59 Å². The summed E-state index contributed by atoms with van der Waals surface area (Å²) in [4.78, 5) is 39.2. The molecule has 2 N–H and O–H groups in total. The number of amides is 1. The van der Waals surface area contributed by atoms with Crippen molar-refractivity contribution < 1.29 is 41.0 Å². The number of methoxy groups -OCH3 is 2. The number of benzene rings is 3. The van der Waals surface area contributed by atoms with Gasteiger partial charge in [-0.25, -0.2) is 13.6 Å². The molecule has 4 aromatic rings. The summed E-state index contributed by atoms with van der Waals surface area (Å²) in [6, 6.07) is 9.79. The van der Waals surface area contributed by atoms with E-state index in [4.69, 9.17) is 9.47 Å². The van der Waals surface area contributed by atoms with E-state index in [-0.39, 0.29) is 12.0 Å². The van der Waals surface area contributed by atoms with Crippen molar-refractivity contribution >= 4 is 28.3 Å². The lowest BCUT2D eigenvalue weighted by atomic mass is 9.92. The summed E-state index contributed by atoms with van der Waals surface area (Å²) < 4.78 is 81.2. The summed E-state index contributed by atoms with van der Waals surface area (Å²) in [5, 5.41) is 5.58. The number of aromatic nitrogens is 1. The molecule has 0 aliphatic heterocycles. The summed E-state index contributed by atoms with van der Waals surface area (Å²) in [5.41, 5.74) is 0.228. The maximum absolute atomic E-state index is 15.0. The van der Waals surface area contributed by atoms with E-state index in [1.807, 2.05) is 5.32 Å². The molecule has 1 aromatic heterocycles. The highest BCUT2D eigenvalue weighted by Gasteiger charge is 2.38. The molecule has 2 atom stereocenters. The lowest BCUT2D eigenvalue weighted by Crippen LogP contribution is -2.43. The fraction of sp³-hybridized carbons (Fsp3) is 0.303. The standard InChI is InChI=1S/C33H32F5N3O5/c1-6-27(33(36,37)38)39-19-15-23(34)29(24(35)16-19)30(42)40-25(32(44)46-5)14-18-11-12-22(21-10-8-7-9-20(18)21)28-26(45-4)13-17(2)41(3)31(28)43/h7-13,15-16,25,27,39H,6,14H2,1-5H3,(H,40,42)/t25-,27+/m0/s1. The molecule has 46 heavy (non-hydrogen) atoms. The van der Waals surface area contributed by atoms with Crippen molar-refractivity contribution in [3.05, 3.63) is 93.4 Å². The monoisotopic (exact) mass is 645 g/mol. The molecule has 13 heteroatoms. The Morgan fingerprint density at radius 1 is 0.978 bits per heavy atom. The number of ether oxygens (including phenoxy) is 2. The minimum absolute atomic E-state index is 0.172. The number of carbonyl (C=O) groups excluding carboxylic acids is 2. The summed E-state index contributed by atoms with van der Waals surface area (Å²) >= 11 is 0. The molecular weight excluding hydrogens is 613 g/mol. The maximum Gasteiger partial charge on any atom is 0.408 e. The highest BCUT2D eigenvalue weighted by atomic mass is 19.4. The fourth-order valence-electron chi connectivity index (χ4n) is 5.23. The van der Waals surface area contributed by atoms with Gasteiger partial charge in [0.05, 0.1) is 19.8 Å². The Morgan fingerprint density at radius 3 is 2.17 bits per heavy atom. The van der Waals surface area contributed by atoms with E-state index in [0.29, 0.717) is 51.0 Å². The Bertz CT molecular complexity index is 1830. The van der Waals surface area contributed by atoms with Crippen LogP contribution in [0.2, 0.25) is 0 Å². The van der Waals surface area contributed by atoms with Crippen LogP contribution < -0.4 is 20.9 Å². The Hall–Kier alpha value is -4.94. The molecule has 1 heterocycles. The quantitative estimate of drug-likeness (QED) is 0.161. The van der Waals surface area contributed by atoms with Gasteiger partial charge in [-0.2, -0.15) is 13.2 Å². The average Bonchev–Trinajstić information content (AvgIpc) is 3.01. The van der Waals surface area contributed by atoms with Crippen molar-refractivity contribution in [2.75, 3.05) is 19.5 Å². The van der Waals surface area contributed by atoms with Crippen LogP contribution in [0.5, 0.6) is 5.75 Å². The summed E-state index contributed by atoms with van der Waals surface area (Å²) in [6.45, 7) is 3.03. The minimum atomic E-state index is -4.67. The second-order valence-corrected chi connectivity index (χ2v) is 10.6. The van der Waals surface area contributed by atoms with Crippen molar-refractivity contribution in [2.45, 2.75) is 44.9 Å². The molecule has 0 saturated carbocycles. The topological polar surface area (TPSA) is 98.7 Å². The number of pyridine rings is 1. The summed E-state index contributed by atoms with van der Waals surface area (Å²) in [7, 11) is 4.17. The molecule has 244 valence electrons. The van der Waals surface area contributed by atoms with Crippen molar-refractivity contribution in [2.24, 2.45) is 7.05 Å². The first-order chi connectivity index (χ1) is 21.7. The molecule has 0 aliphatic rings. The fourth-order valence-corrected chi connectivity index (χ4v) is 5.23. The zero-order valence-corrected chi connectivity index (χ0v) is 25.6. The molecule has 0 bridgehead atoms. The highest BCUT2D eigenvalue weighted by molar-refractivity contribution is 6.01. The number of nitrogens with zero attached hydrogens (tertiary/aromatic N) is 1. The van der Waals surface area contributed by atoms with E-state index in [1.165, 1.54) is 18.6 Å². The summed E-state index contributed by atoms with van der Waals surface area (Å²) in [6.07, 6.45) is -5.25. The van der Waals surface area contributed by atoms with Gasteiger partial charge in [-0.1, -0.05) is 43.3 Å². The molecule has 3 aromatic carbocycles. The van der Waals surface area contributed by atoms with E-state index < -0.39 is 59.4 Å². The number of fused-ring (bicyclic) bond motifs is 1. The number of halogens is 5. The molecule has 0 unspecified atom stereocenters. The normalized spacial score (nSPS) is 12.8. The van der Waals surface area contributed by atoms with Crippen LogP contribution in [-0.4, -0.2) is 48.9 Å². The number of esters is 1. The van der Waals surface area contributed by atoms with Gasteiger partial charge < -0.3 is 24.7 Å². The number of aryl methyl sites for hydroxylation is 1. The van der Waals surface area contributed by atoms with Crippen LogP contribution in [-0.2, 0) is 23.0 Å². The first-order valence-corrected chi connectivity index (χ1v) is 14.2. The molecule has 4 rings (SSSR count). The van der Waals surface area contributed by atoms with E-state index in [0.717, 1.165) is 7.11 Å². The molecule has 0 spiro atoms. The third-order valence-corrected chi connectivity index (χ3v) is 7.77. The Kier molecular flexibility index (Phi) is 10.0. The maximum atomic E-state index is 15.0. The largest absolute Gasteiger partial charge is 0.496 e. The smallest absolute Gasteiger partial charge is 0.408 e. The first kappa shape index (κ1) is 33.9. The number of anilines is 1. The molecule has 0 fully saturated rings. The molecular formula is C33H32F5N3O5. The Labute approximate surface area is 261 Å². The lowest BCUT2D eigenvalue weighted by Gasteiger charge is -2.22. The van der Waals surface area contributed by atoms with E-state index >= 15 is 0 Å². The van der Waals surface area contributed by atoms with Gasteiger partial charge in [0.15, 0.2) is 0 Å². The zero-order chi connectivity index (χ0) is 33.9. The predicted molar refractivity (Wildman–Crippen MR) is 163 cm³/mol. The number of nitrogens with one attached hydrogen (secondary N) is 2. The van der Waals surface area contributed by atoms with Crippen LogP contribution in [0.4, 0.5) is 27.6 Å². The molecule has 0 saturated heterocycles. The lowest BCUT2D eigenvalue weighted by molar-refractivity contribution is -0.143. The van der Waals surface area contributed by atoms with Crippen molar-refractivity contribution in [1.82, 2.24) is 9.88 Å². The predicted octanol–water partition coefficient (Wildman–Crippen LogP) is 6.07. The number of carbonyl (C=O) groups is 2. The Morgan fingerprint density at radius 2 is 1.61 bits per heavy atom. The number of hydrogen-bond donors (Lipinski definition) is 2. The van der Waals surface area contributed by atoms with Gasteiger partial charge in [0, 0.05) is 30.9 Å². The highest BCUT2D eigenvalue weighted by Crippen LogP contribution is 2.35. The zero-order valence-electron chi connectivity index (χ0n) is 25.6. The van der Waals surface area contributed by atoms with Crippen LogP contribution in [0, 0.1) is 18.6 Å². The Balaban J connectivity index is 1.69. The minimum Gasteiger partial charge on any atom is -0.496 e. The average molecular weight is 646 g/mol. The number of alkyl halides is 3. The van der Waals surface area contributed by atoms with E-state index in [2.05, 4.69) is 5.32 Å². The van der Waals surface area contributed by atoms with Gasteiger partial charge in [-0.15, -0.1) is 0 Å². The third kappa shape index (κ3) is 6.82. The number of rotatable bonds is 10. The van der Waals surface area contributed by atoms with Crippen LogP contribution in [0.1, 0.15) is 35.0 Å². The van der Waals surface area contributed by atoms with Gasteiger partial charge in [0.2, 0.25) is 0 Å². The first-order valence-electron chi connectivity index (χ1n) is 14.2. The van der Waals surface area contributed by atoms with Crippen LogP contribution >= 0.6 is 0 Å². The summed E-state index contributed by atoms with van der Waals surface area (Å²) in [5.74, 6) is -4.71. The van der Waals surface area contributed by atoms with Crippen LogP contribution in [0.25, 0.3) is 21.9 Å². The van der Waals surface area contributed by atoms with E-state index in [1.54, 1.807) is 56.4 Å². The second kappa shape index (κ2) is 13.6. The third-order valence-electron chi connectivity index (χ3n) is 7.77. The van der Waals surface area contributed by atoms with Gasteiger partial charge in [0.1, 0.15) is 35.0 Å². The van der Waals surface area contributed by atoms with Crippen molar-refractivity contribution in [1.29, 1.82) is 0 Å². The SMILES string of the molecule is CC[C@@H](Nc1cc(F)c(C(=O)N[C@@H](Cc2ccc(-c3c(OC)cc(C)n(C)c3=O)c3ccccc23)C(=O)OC)c(F)c1)C(F)(F)F. The van der Waals surface area contributed by atoms with E-state index in [9.17, 15) is 36.3 Å². The molecule has 0 aliphatic carbocycles. The molecule has 0 radical (unpaired) electrons. The van der Waals surface area contributed by atoms with Gasteiger partial charge in [0.25, 0.3) is 11.5 Å². The van der Waals surface area contributed by atoms with Crippen molar-refractivity contribution in [3.63, 3.8) is 0 Å². The van der Waals surface area contributed by atoms with Crippen molar-refractivity contribution in [3.8, 4) is 16.9 Å².